The van der Waals surface area contributed by atoms with Crippen LogP contribution in [0.5, 0.6) is 0 Å². The minimum Gasteiger partial charge on any atom is -0.465 e. The van der Waals surface area contributed by atoms with Crippen molar-refractivity contribution in [2.24, 2.45) is 11.8 Å². The summed E-state index contributed by atoms with van der Waals surface area (Å²) in [6.45, 7) is 10.3. The van der Waals surface area contributed by atoms with Crippen LogP contribution < -0.4 is 9.80 Å². The molecule has 0 aromatic heterocycles. The number of rotatable bonds is 7. The van der Waals surface area contributed by atoms with E-state index in [2.05, 4.69) is 24.8 Å². The molecule has 1 unspecified atom stereocenters. The molecule has 6 atom stereocenters. The standard InChI is InChI=1S/C31H41N3O5S/c1-5-21(20-35)34-26-28(37)33(23-14-12-22(13-15-23)32(6-2)7-3)18-11-17-31(26)24(27(34)36)25-29(38)39-19-10-8-9-16-30(25,4)40-31/h9,11-17,21,24-26,35H,5-8,10,18-20H2,1-4H3/b16-9-/t21-,24-,25-,26?,30+,31-/m0/s1. The van der Waals surface area contributed by atoms with E-state index in [1.54, 1.807) is 9.80 Å². The highest BCUT2D eigenvalue weighted by atomic mass is 32.2. The Morgan fingerprint density at radius 1 is 1.05 bits per heavy atom. The van der Waals surface area contributed by atoms with Crippen LogP contribution in [-0.2, 0) is 19.1 Å². The second-order valence-electron chi connectivity index (χ2n) is 11.2. The van der Waals surface area contributed by atoms with E-state index in [9.17, 15) is 19.5 Å². The Labute approximate surface area is 241 Å². The Morgan fingerprint density at radius 2 is 1.77 bits per heavy atom. The molecule has 5 rings (SSSR count). The van der Waals surface area contributed by atoms with Gasteiger partial charge in [0, 0.05) is 35.8 Å². The number of nitrogens with zero attached hydrogens (tertiary/aromatic N) is 3. The lowest BCUT2D eigenvalue weighted by atomic mass is 9.74. The third kappa shape index (κ3) is 4.45. The van der Waals surface area contributed by atoms with Gasteiger partial charge in [0.1, 0.15) is 6.04 Å². The van der Waals surface area contributed by atoms with E-state index in [0.717, 1.165) is 37.3 Å². The number of likely N-dealkylation sites (tertiary alicyclic amines) is 1. The lowest BCUT2D eigenvalue weighted by Gasteiger charge is -2.39. The maximum absolute atomic E-state index is 14.6. The van der Waals surface area contributed by atoms with Crippen LogP contribution in [0.1, 0.15) is 47.0 Å². The molecule has 4 heterocycles. The lowest BCUT2D eigenvalue weighted by molar-refractivity contribution is -0.154. The summed E-state index contributed by atoms with van der Waals surface area (Å²) in [6.07, 6.45) is 10.1. The van der Waals surface area contributed by atoms with Crippen molar-refractivity contribution >= 4 is 40.9 Å². The average molecular weight is 568 g/mol. The number of fused-ring (bicyclic) bond motifs is 2. The van der Waals surface area contributed by atoms with Crippen LogP contribution in [0.4, 0.5) is 11.4 Å². The molecule has 0 aliphatic carbocycles. The first kappa shape index (κ1) is 28.7. The summed E-state index contributed by atoms with van der Waals surface area (Å²) >= 11 is 1.53. The van der Waals surface area contributed by atoms with Crippen LogP contribution >= 0.6 is 11.8 Å². The lowest BCUT2D eigenvalue weighted by Crippen LogP contribution is -2.56. The van der Waals surface area contributed by atoms with Crippen molar-refractivity contribution in [2.75, 3.05) is 42.6 Å². The zero-order valence-corrected chi connectivity index (χ0v) is 24.7. The fourth-order valence-electron chi connectivity index (χ4n) is 7.04. The van der Waals surface area contributed by atoms with Gasteiger partial charge in [-0.3, -0.25) is 14.4 Å². The number of thioether (sulfide) groups is 1. The number of benzene rings is 1. The first-order valence-corrected chi connectivity index (χ1v) is 15.4. The molecule has 9 heteroatoms. The molecule has 4 aliphatic rings. The monoisotopic (exact) mass is 567 g/mol. The molecule has 2 saturated heterocycles. The highest BCUT2D eigenvalue weighted by Gasteiger charge is 2.74. The highest BCUT2D eigenvalue weighted by Crippen LogP contribution is 2.65. The Balaban J connectivity index is 1.61. The first-order valence-electron chi connectivity index (χ1n) is 14.6. The van der Waals surface area contributed by atoms with E-state index in [-0.39, 0.29) is 24.4 Å². The van der Waals surface area contributed by atoms with Gasteiger partial charge in [0.25, 0.3) is 5.91 Å². The van der Waals surface area contributed by atoms with Crippen LogP contribution in [0.25, 0.3) is 0 Å². The molecule has 4 aliphatic heterocycles. The number of allylic oxidation sites excluding steroid dienone is 1. The Hall–Kier alpha value is -2.78. The molecule has 1 spiro atoms. The number of hydrogen-bond donors (Lipinski definition) is 1. The molecule has 1 aromatic rings. The fraction of sp³-hybridized carbons (Fsp3) is 0.581. The van der Waals surface area contributed by atoms with E-state index in [4.69, 9.17) is 4.74 Å². The van der Waals surface area contributed by atoms with E-state index >= 15 is 0 Å². The smallest absolute Gasteiger partial charge is 0.311 e. The molecule has 1 N–H and O–H groups in total. The zero-order chi connectivity index (χ0) is 28.7. The number of aliphatic hydroxyl groups excluding tert-OH is 1. The average Bonchev–Trinajstić information content (AvgIpc) is 3.30. The molecule has 216 valence electrons. The van der Waals surface area contributed by atoms with Crippen molar-refractivity contribution in [1.82, 2.24) is 4.90 Å². The number of anilines is 2. The topological polar surface area (TPSA) is 90.4 Å². The van der Waals surface area contributed by atoms with Crippen LogP contribution in [-0.4, -0.2) is 82.2 Å². The number of cyclic esters (lactones) is 1. The number of carbonyl (C=O) groups excluding carboxylic acids is 3. The van der Waals surface area contributed by atoms with Crippen LogP contribution in [0.2, 0.25) is 0 Å². The van der Waals surface area contributed by atoms with E-state index in [1.165, 1.54) is 11.8 Å². The maximum atomic E-state index is 14.6. The summed E-state index contributed by atoms with van der Waals surface area (Å²) < 4.78 is 4.01. The maximum Gasteiger partial charge on any atom is 0.311 e. The molecule has 40 heavy (non-hydrogen) atoms. The molecule has 2 fully saturated rings. The normalized spacial score (nSPS) is 33.2. The molecule has 0 saturated carbocycles. The van der Waals surface area contributed by atoms with Gasteiger partial charge in [-0.15, -0.1) is 11.8 Å². The summed E-state index contributed by atoms with van der Waals surface area (Å²) in [4.78, 5) is 48.1. The highest BCUT2D eigenvalue weighted by molar-refractivity contribution is 8.02. The number of hydrogen-bond acceptors (Lipinski definition) is 7. The summed E-state index contributed by atoms with van der Waals surface area (Å²) in [5.74, 6) is -2.34. The Bertz CT molecular complexity index is 1190. The second-order valence-corrected chi connectivity index (χ2v) is 13.0. The summed E-state index contributed by atoms with van der Waals surface area (Å²) in [5, 5.41) is 10.3. The predicted octanol–water partition coefficient (Wildman–Crippen LogP) is 3.79. The molecule has 0 radical (unpaired) electrons. The number of carbonyl (C=O) groups is 3. The SMILES string of the molecule is CC[C@@H](CO)N1C(=O)[C@@H]2[C@H]3C(=O)OCCC/C=C\[C@@]3(C)S[C@@]23C=CCN(c2ccc(N(CC)CC)cc2)C(=O)C13. The number of amides is 2. The van der Waals surface area contributed by atoms with Crippen molar-refractivity contribution in [3.05, 3.63) is 48.6 Å². The fourth-order valence-corrected chi connectivity index (χ4v) is 9.18. The summed E-state index contributed by atoms with van der Waals surface area (Å²) in [7, 11) is 0. The van der Waals surface area contributed by atoms with Gasteiger partial charge in [0.05, 0.1) is 35.8 Å². The van der Waals surface area contributed by atoms with Crippen molar-refractivity contribution in [3.8, 4) is 0 Å². The van der Waals surface area contributed by atoms with Crippen molar-refractivity contribution in [3.63, 3.8) is 0 Å². The van der Waals surface area contributed by atoms with Crippen LogP contribution in [0.15, 0.2) is 48.6 Å². The number of esters is 1. The predicted molar refractivity (Wildman–Crippen MR) is 158 cm³/mol. The summed E-state index contributed by atoms with van der Waals surface area (Å²) in [5.41, 5.74) is 1.84. The van der Waals surface area contributed by atoms with Crippen LogP contribution in [0.3, 0.4) is 0 Å². The quantitative estimate of drug-likeness (QED) is 0.396. The number of aliphatic hydroxyl groups is 1. The minimum absolute atomic E-state index is 0.191. The van der Waals surface area contributed by atoms with E-state index in [1.807, 2.05) is 56.3 Å². The number of ether oxygens (including phenoxy) is 1. The molecule has 2 amide bonds. The van der Waals surface area contributed by atoms with Crippen molar-refractivity contribution in [2.45, 2.75) is 68.5 Å². The molecule has 8 nitrogen and oxygen atoms in total. The third-order valence-electron chi connectivity index (χ3n) is 9.05. The molecule has 0 bridgehead atoms. The van der Waals surface area contributed by atoms with E-state index in [0.29, 0.717) is 19.6 Å². The Morgan fingerprint density at radius 3 is 2.42 bits per heavy atom. The molecular formula is C31H41N3O5S. The van der Waals surface area contributed by atoms with Crippen molar-refractivity contribution in [1.29, 1.82) is 0 Å². The van der Waals surface area contributed by atoms with Gasteiger partial charge in [-0.2, -0.15) is 0 Å². The van der Waals surface area contributed by atoms with Gasteiger partial charge in [-0.25, -0.2) is 0 Å². The largest absolute Gasteiger partial charge is 0.465 e. The van der Waals surface area contributed by atoms with Crippen molar-refractivity contribution < 1.29 is 24.2 Å². The van der Waals surface area contributed by atoms with Gasteiger partial charge in [-0.1, -0.05) is 31.2 Å². The third-order valence-corrected chi connectivity index (χ3v) is 10.9. The first-order chi connectivity index (χ1) is 19.3. The van der Waals surface area contributed by atoms with Gasteiger partial charge >= 0.3 is 5.97 Å². The Kier molecular flexibility index (Phi) is 8.08. The second kappa shape index (κ2) is 11.2. The summed E-state index contributed by atoms with van der Waals surface area (Å²) in [6, 6.07) is 6.58. The van der Waals surface area contributed by atoms with Gasteiger partial charge in [0.2, 0.25) is 5.91 Å². The minimum atomic E-state index is -0.964. The van der Waals surface area contributed by atoms with Crippen LogP contribution in [0, 0.1) is 11.8 Å². The van der Waals surface area contributed by atoms with Gasteiger partial charge < -0.3 is 24.5 Å². The molecular weight excluding hydrogens is 526 g/mol. The molecule has 1 aromatic carbocycles. The van der Waals surface area contributed by atoms with Gasteiger partial charge in [0.15, 0.2) is 0 Å². The van der Waals surface area contributed by atoms with Gasteiger partial charge in [-0.05, 0) is 64.3 Å². The van der Waals surface area contributed by atoms with E-state index < -0.39 is 33.4 Å². The zero-order valence-electron chi connectivity index (χ0n) is 23.9.